The van der Waals surface area contributed by atoms with Crippen LogP contribution in [0, 0.1) is 5.82 Å². The zero-order chi connectivity index (χ0) is 24.8. The second-order valence-corrected chi connectivity index (χ2v) is 9.56. The second kappa shape index (κ2) is 10.8. The van der Waals surface area contributed by atoms with Crippen LogP contribution < -0.4 is 4.74 Å². The molecule has 0 aromatic heterocycles. The molecule has 10 heteroatoms. The quantitative estimate of drug-likeness (QED) is 0.344. The van der Waals surface area contributed by atoms with Crippen LogP contribution in [0.5, 0.6) is 11.5 Å². The van der Waals surface area contributed by atoms with Gasteiger partial charge in [-0.3, -0.25) is 4.79 Å². The highest BCUT2D eigenvalue weighted by Gasteiger charge is 2.26. The fourth-order valence-corrected chi connectivity index (χ4v) is 4.75. The van der Waals surface area contributed by atoms with Gasteiger partial charge in [-0.2, -0.15) is 4.31 Å². The van der Waals surface area contributed by atoms with Crippen LogP contribution in [0.15, 0.2) is 77.7 Å². The highest BCUT2D eigenvalue weighted by atomic mass is 32.2. The number of esters is 1. The first-order valence-electron chi connectivity index (χ1n) is 10.7. The van der Waals surface area contributed by atoms with Gasteiger partial charge in [0.2, 0.25) is 10.0 Å². The smallest absolute Gasteiger partial charge is 0.338 e. The van der Waals surface area contributed by atoms with Crippen LogP contribution in [0.25, 0.3) is 0 Å². The van der Waals surface area contributed by atoms with E-state index >= 15 is 0 Å². The molecule has 4 rings (SSSR count). The Bertz CT molecular complexity index is 1290. The van der Waals surface area contributed by atoms with Gasteiger partial charge in [-0.05, 0) is 72.8 Å². The summed E-state index contributed by atoms with van der Waals surface area (Å²) in [6.07, 6.45) is 0. The minimum absolute atomic E-state index is 0.0795. The second-order valence-electron chi connectivity index (χ2n) is 7.62. The number of sulfonamides is 1. The van der Waals surface area contributed by atoms with E-state index < -0.39 is 28.4 Å². The van der Waals surface area contributed by atoms with E-state index in [2.05, 4.69) is 0 Å². The van der Waals surface area contributed by atoms with Gasteiger partial charge in [0.05, 0.1) is 23.7 Å². The summed E-state index contributed by atoms with van der Waals surface area (Å²) >= 11 is 0. The number of carbonyl (C=O) groups is 2. The van der Waals surface area contributed by atoms with Gasteiger partial charge in [-0.1, -0.05) is 0 Å². The molecule has 0 amide bonds. The maximum absolute atomic E-state index is 13.0. The minimum atomic E-state index is -3.66. The summed E-state index contributed by atoms with van der Waals surface area (Å²) in [4.78, 5) is 24.8. The van der Waals surface area contributed by atoms with Crippen molar-refractivity contribution < 1.29 is 36.6 Å². The Morgan fingerprint density at radius 2 is 1.37 bits per heavy atom. The van der Waals surface area contributed by atoms with E-state index in [-0.39, 0.29) is 34.9 Å². The van der Waals surface area contributed by atoms with Crippen molar-refractivity contribution in [3.05, 3.63) is 89.7 Å². The van der Waals surface area contributed by atoms with Crippen molar-refractivity contribution in [3.8, 4) is 11.5 Å². The van der Waals surface area contributed by atoms with E-state index in [0.29, 0.717) is 24.7 Å². The van der Waals surface area contributed by atoms with E-state index in [1.807, 2.05) is 0 Å². The lowest BCUT2D eigenvalue weighted by molar-refractivity contribution is 0.0474. The number of halogens is 1. The fourth-order valence-electron chi connectivity index (χ4n) is 3.34. The monoisotopic (exact) mass is 499 g/mol. The zero-order valence-electron chi connectivity index (χ0n) is 18.6. The van der Waals surface area contributed by atoms with Gasteiger partial charge in [0.15, 0.2) is 12.4 Å². The first kappa shape index (κ1) is 24.5. The number of ketones is 1. The van der Waals surface area contributed by atoms with Crippen LogP contribution in [-0.4, -0.2) is 57.4 Å². The van der Waals surface area contributed by atoms with Crippen LogP contribution in [0.1, 0.15) is 20.7 Å². The molecule has 8 nitrogen and oxygen atoms in total. The Morgan fingerprint density at radius 3 is 1.97 bits per heavy atom. The lowest BCUT2D eigenvalue weighted by atomic mass is 10.1. The summed E-state index contributed by atoms with van der Waals surface area (Å²) in [6, 6.07) is 17.1. The molecule has 0 unspecified atom stereocenters. The number of Topliss-reactive ketones (excluding diaryl/α,β-unsaturated/α-hetero) is 1. The highest BCUT2D eigenvalue weighted by Crippen LogP contribution is 2.22. The van der Waals surface area contributed by atoms with E-state index in [0.717, 1.165) is 0 Å². The third-order valence-electron chi connectivity index (χ3n) is 5.26. The van der Waals surface area contributed by atoms with Crippen molar-refractivity contribution in [3.63, 3.8) is 0 Å². The summed E-state index contributed by atoms with van der Waals surface area (Å²) in [6.45, 7) is 0.731. The maximum atomic E-state index is 13.0. The van der Waals surface area contributed by atoms with Crippen LogP contribution >= 0.6 is 0 Å². The van der Waals surface area contributed by atoms with Gasteiger partial charge in [0.1, 0.15) is 17.3 Å². The molecule has 1 saturated heterocycles. The normalized spacial score (nSPS) is 14.3. The molecular formula is C25H22FNO7S. The van der Waals surface area contributed by atoms with E-state index in [4.69, 9.17) is 14.2 Å². The van der Waals surface area contributed by atoms with Gasteiger partial charge >= 0.3 is 5.97 Å². The number of carbonyl (C=O) groups excluding carboxylic acids is 2. The summed E-state index contributed by atoms with van der Waals surface area (Å²) < 4.78 is 55.5. The molecule has 1 aliphatic heterocycles. The molecule has 182 valence electrons. The average molecular weight is 500 g/mol. The lowest BCUT2D eigenvalue weighted by Crippen LogP contribution is -2.40. The zero-order valence-corrected chi connectivity index (χ0v) is 19.4. The maximum Gasteiger partial charge on any atom is 0.338 e. The molecule has 0 aliphatic carbocycles. The van der Waals surface area contributed by atoms with Gasteiger partial charge in [-0.15, -0.1) is 0 Å². The van der Waals surface area contributed by atoms with E-state index in [1.165, 1.54) is 65.0 Å². The Morgan fingerprint density at radius 1 is 0.829 bits per heavy atom. The molecule has 0 atom stereocenters. The Hall–Kier alpha value is -3.60. The molecule has 35 heavy (non-hydrogen) atoms. The average Bonchev–Trinajstić information content (AvgIpc) is 2.89. The van der Waals surface area contributed by atoms with Gasteiger partial charge in [0, 0.05) is 18.7 Å². The van der Waals surface area contributed by atoms with Gasteiger partial charge in [-0.25, -0.2) is 17.6 Å². The topological polar surface area (TPSA) is 99.2 Å². The number of nitrogens with zero attached hydrogens (tertiary/aromatic N) is 1. The van der Waals surface area contributed by atoms with Gasteiger partial charge < -0.3 is 14.2 Å². The fraction of sp³-hybridized carbons (Fsp3) is 0.200. The number of hydrogen-bond donors (Lipinski definition) is 0. The van der Waals surface area contributed by atoms with Crippen molar-refractivity contribution in [2.75, 3.05) is 32.9 Å². The Kier molecular flexibility index (Phi) is 7.54. The predicted octanol–water partition coefficient (Wildman–Crippen LogP) is 3.68. The van der Waals surface area contributed by atoms with Crippen molar-refractivity contribution in [2.45, 2.75) is 4.90 Å². The number of morpholine rings is 1. The number of hydrogen-bond acceptors (Lipinski definition) is 7. The summed E-state index contributed by atoms with van der Waals surface area (Å²) in [5.41, 5.74) is 0.443. The van der Waals surface area contributed by atoms with Crippen LogP contribution in [0.4, 0.5) is 4.39 Å². The molecule has 0 saturated carbocycles. The molecule has 0 bridgehead atoms. The summed E-state index contributed by atoms with van der Waals surface area (Å²) in [5, 5.41) is 0. The molecule has 0 N–H and O–H groups in total. The SMILES string of the molecule is O=C(COC(=O)c1ccc(Oc2ccc(F)cc2)cc1)c1ccc(S(=O)(=O)N2CCOCC2)cc1. The van der Waals surface area contributed by atoms with Crippen molar-refractivity contribution in [1.82, 2.24) is 4.31 Å². The molecule has 1 heterocycles. The minimum Gasteiger partial charge on any atom is -0.457 e. The molecule has 1 aliphatic rings. The number of benzene rings is 3. The number of rotatable bonds is 8. The molecule has 0 radical (unpaired) electrons. The van der Waals surface area contributed by atoms with E-state index in [1.54, 1.807) is 12.1 Å². The molecule has 1 fully saturated rings. The lowest BCUT2D eigenvalue weighted by Gasteiger charge is -2.26. The van der Waals surface area contributed by atoms with Crippen LogP contribution in [0.2, 0.25) is 0 Å². The van der Waals surface area contributed by atoms with Crippen LogP contribution in [0.3, 0.4) is 0 Å². The molecule has 3 aromatic carbocycles. The van der Waals surface area contributed by atoms with Crippen LogP contribution in [-0.2, 0) is 19.5 Å². The first-order valence-corrected chi connectivity index (χ1v) is 12.2. The van der Waals surface area contributed by atoms with Crippen molar-refractivity contribution >= 4 is 21.8 Å². The molecular weight excluding hydrogens is 477 g/mol. The van der Waals surface area contributed by atoms with Crippen molar-refractivity contribution in [1.29, 1.82) is 0 Å². The highest BCUT2D eigenvalue weighted by molar-refractivity contribution is 7.89. The number of ether oxygens (including phenoxy) is 3. The third kappa shape index (κ3) is 6.10. The Labute approximate surface area is 201 Å². The third-order valence-corrected chi connectivity index (χ3v) is 7.17. The summed E-state index contributed by atoms with van der Waals surface area (Å²) in [5.74, 6) is -0.658. The molecule has 0 spiro atoms. The standard InChI is InChI=1S/C25H22FNO7S/c26-20-5-9-22(10-6-20)34-21-7-1-19(2-8-21)25(29)33-17-24(28)18-3-11-23(12-4-18)35(30,31)27-13-15-32-16-14-27/h1-12H,13-17H2. The largest absolute Gasteiger partial charge is 0.457 e. The summed E-state index contributed by atoms with van der Waals surface area (Å²) in [7, 11) is -3.66. The van der Waals surface area contributed by atoms with Gasteiger partial charge in [0.25, 0.3) is 0 Å². The van der Waals surface area contributed by atoms with Crippen molar-refractivity contribution in [2.24, 2.45) is 0 Å². The predicted molar refractivity (Wildman–Crippen MR) is 124 cm³/mol. The molecule has 3 aromatic rings. The van der Waals surface area contributed by atoms with E-state index in [9.17, 15) is 22.4 Å². The Balaban J connectivity index is 1.31. The first-order chi connectivity index (χ1) is 16.8.